The lowest BCUT2D eigenvalue weighted by Crippen LogP contribution is -2.07. The SMILES string of the molecule is O=[N+]([O-])c1ccc2nc(OS(=O)(=S)c3ccccc3)sc2c1. The van der Waals surface area contributed by atoms with Gasteiger partial charge in [0.1, 0.15) is 0 Å². The molecule has 2 aromatic carbocycles. The van der Waals surface area contributed by atoms with Crippen LogP contribution < -0.4 is 4.18 Å². The van der Waals surface area contributed by atoms with E-state index in [4.69, 9.17) is 15.4 Å². The number of nitro benzene ring substituents is 1. The monoisotopic (exact) mass is 352 g/mol. The summed E-state index contributed by atoms with van der Waals surface area (Å²) in [5.74, 6) is 0. The summed E-state index contributed by atoms with van der Waals surface area (Å²) in [4.78, 5) is 14.8. The average Bonchev–Trinajstić information content (AvgIpc) is 2.88. The Labute approximate surface area is 134 Å². The van der Waals surface area contributed by atoms with E-state index in [-0.39, 0.29) is 10.9 Å². The van der Waals surface area contributed by atoms with Gasteiger partial charge in [-0.15, -0.1) is 0 Å². The van der Waals surface area contributed by atoms with E-state index in [1.54, 1.807) is 30.3 Å². The number of hydrogen-bond acceptors (Lipinski definition) is 7. The van der Waals surface area contributed by atoms with Crippen LogP contribution in [0.25, 0.3) is 10.2 Å². The molecule has 0 bridgehead atoms. The Hall–Kier alpha value is -2.10. The summed E-state index contributed by atoms with van der Waals surface area (Å²) in [5.41, 5.74) is 0.494. The summed E-state index contributed by atoms with van der Waals surface area (Å²) in [6.07, 6.45) is 0. The molecule has 0 radical (unpaired) electrons. The van der Waals surface area contributed by atoms with E-state index >= 15 is 0 Å². The van der Waals surface area contributed by atoms with Crippen LogP contribution in [0.5, 0.6) is 5.19 Å². The van der Waals surface area contributed by atoms with Crippen molar-refractivity contribution >= 4 is 47.2 Å². The van der Waals surface area contributed by atoms with Gasteiger partial charge in [-0.1, -0.05) is 29.5 Å². The van der Waals surface area contributed by atoms with Crippen molar-refractivity contribution in [2.24, 2.45) is 0 Å². The Morgan fingerprint density at radius 1 is 1.23 bits per heavy atom. The molecule has 0 spiro atoms. The highest BCUT2D eigenvalue weighted by Crippen LogP contribution is 2.32. The van der Waals surface area contributed by atoms with Crippen LogP contribution in [0.15, 0.2) is 53.4 Å². The number of aromatic nitrogens is 1. The standard InChI is InChI=1S/C13H8N2O4S3/c16-15(17)9-6-7-11-12(8-9)21-13(14-11)19-22(18,20)10-4-2-1-3-5-10/h1-8H. The topological polar surface area (TPSA) is 82.3 Å². The Kier molecular flexibility index (Phi) is 3.77. The molecule has 9 heteroatoms. The van der Waals surface area contributed by atoms with Gasteiger partial charge in [0.25, 0.3) is 10.9 Å². The van der Waals surface area contributed by atoms with E-state index in [1.807, 2.05) is 0 Å². The fraction of sp³-hybridized carbons (Fsp3) is 0. The van der Waals surface area contributed by atoms with Crippen molar-refractivity contribution in [1.29, 1.82) is 0 Å². The number of benzene rings is 2. The molecule has 0 N–H and O–H groups in total. The highest BCUT2D eigenvalue weighted by molar-refractivity contribution is 8.30. The molecule has 0 aliphatic heterocycles. The maximum Gasteiger partial charge on any atom is 0.290 e. The van der Waals surface area contributed by atoms with Crippen molar-refractivity contribution < 1.29 is 13.3 Å². The van der Waals surface area contributed by atoms with E-state index < -0.39 is 13.7 Å². The van der Waals surface area contributed by atoms with Crippen molar-refractivity contribution in [3.63, 3.8) is 0 Å². The minimum absolute atomic E-state index is 0.0372. The molecule has 0 amide bonds. The summed E-state index contributed by atoms with van der Waals surface area (Å²) in [5, 5.41) is 10.9. The molecule has 0 saturated carbocycles. The van der Waals surface area contributed by atoms with Gasteiger partial charge >= 0.3 is 0 Å². The Morgan fingerprint density at radius 2 is 1.95 bits per heavy atom. The van der Waals surface area contributed by atoms with E-state index in [9.17, 15) is 14.3 Å². The quantitative estimate of drug-likeness (QED) is 0.529. The normalized spacial score (nSPS) is 13.6. The summed E-state index contributed by atoms with van der Waals surface area (Å²) >= 11 is 6.09. The highest BCUT2D eigenvalue weighted by Gasteiger charge is 2.16. The minimum atomic E-state index is -3.14. The van der Waals surface area contributed by atoms with Crippen LogP contribution in [-0.4, -0.2) is 14.1 Å². The summed E-state index contributed by atoms with van der Waals surface area (Å²) in [7, 11) is -3.14. The lowest BCUT2D eigenvalue weighted by atomic mass is 10.3. The Morgan fingerprint density at radius 3 is 2.64 bits per heavy atom. The van der Waals surface area contributed by atoms with E-state index in [0.717, 1.165) is 11.3 Å². The van der Waals surface area contributed by atoms with Crippen LogP contribution in [0.4, 0.5) is 5.69 Å². The highest BCUT2D eigenvalue weighted by atomic mass is 32.8. The smallest absolute Gasteiger partial charge is 0.290 e. The maximum atomic E-state index is 12.5. The van der Waals surface area contributed by atoms with Crippen molar-refractivity contribution in [2.45, 2.75) is 4.90 Å². The molecule has 1 unspecified atom stereocenters. The zero-order valence-corrected chi connectivity index (χ0v) is 13.3. The van der Waals surface area contributed by atoms with E-state index in [0.29, 0.717) is 15.1 Å². The van der Waals surface area contributed by atoms with Gasteiger partial charge in [0.2, 0.25) is 8.77 Å². The first kappa shape index (κ1) is 14.8. The van der Waals surface area contributed by atoms with Gasteiger partial charge in [-0.3, -0.25) is 10.1 Å². The second-order valence-corrected chi connectivity index (χ2v) is 8.10. The molecule has 3 aromatic rings. The van der Waals surface area contributed by atoms with Gasteiger partial charge in [0, 0.05) is 23.3 Å². The second kappa shape index (κ2) is 5.59. The Balaban J connectivity index is 1.96. The van der Waals surface area contributed by atoms with E-state index in [1.165, 1.54) is 18.2 Å². The first-order valence-electron chi connectivity index (χ1n) is 6.00. The van der Waals surface area contributed by atoms with Crippen LogP contribution in [-0.2, 0) is 20.0 Å². The molecular formula is C13H8N2O4S3. The molecule has 1 atom stereocenters. The van der Waals surface area contributed by atoms with Gasteiger partial charge < -0.3 is 4.18 Å². The van der Waals surface area contributed by atoms with Gasteiger partial charge in [-0.05, 0) is 18.2 Å². The molecule has 1 heterocycles. The molecule has 22 heavy (non-hydrogen) atoms. The molecule has 112 valence electrons. The van der Waals surface area contributed by atoms with Crippen LogP contribution >= 0.6 is 11.3 Å². The van der Waals surface area contributed by atoms with Crippen LogP contribution in [0.3, 0.4) is 0 Å². The number of non-ortho nitro benzene ring substituents is 1. The van der Waals surface area contributed by atoms with E-state index in [2.05, 4.69) is 4.98 Å². The van der Waals surface area contributed by atoms with Gasteiger partial charge in [0.15, 0.2) is 0 Å². The summed E-state index contributed by atoms with van der Waals surface area (Å²) in [6, 6.07) is 12.7. The summed E-state index contributed by atoms with van der Waals surface area (Å²) < 4.78 is 18.4. The fourth-order valence-corrected chi connectivity index (χ4v) is 4.39. The van der Waals surface area contributed by atoms with Gasteiger partial charge in [-0.2, -0.15) is 0 Å². The number of hydrogen-bond donors (Lipinski definition) is 0. The van der Waals surface area contributed by atoms with Gasteiger partial charge in [0.05, 0.1) is 20.0 Å². The Bertz CT molecular complexity index is 952. The number of nitrogens with zero attached hydrogens (tertiary/aromatic N) is 2. The molecular weight excluding hydrogens is 344 g/mol. The first-order chi connectivity index (χ1) is 10.5. The van der Waals surface area contributed by atoms with Crippen molar-refractivity contribution in [1.82, 2.24) is 4.98 Å². The van der Waals surface area contributed by atoms with Gasteiger partial charge in [-0.25, -0.2) is 9.19 Å². The maximum absolute atomic E-state index is 12.5. The fourth-order valence-electron chi connectivity index (χ4n) is 1.77. The zero-order chi connectivity index (χ0) is 15.7. The summed E-state index contributed by atoms with van der Waals surface area (Å²) in [6.45, 7) is 0. The lowest BCUT2D eigenvalue weighted by molar-refractivity contribution is -0.384. The number of nitro groups is 1. The van der Waals surface area contributed by atoms with Crippen molar-refractivity contribution in [3.8, 4) is 5.19 Å². The van der Waals surface area contributed by atoms with Crippen molar-refractivity contribution in [3.05, 3.63) is 58.6 Å². The number of thiazole rings is 1. The molecule has 6 nitrogen and oxygen atoms in total. The predicted molar refractivity (Wildman–Crippen MR) is 87.1 cm³/mol. The molecule has 3 rings (SSSR count). The zero-order valence-electron chi connectivity index (χ0n) is 10.9. The molecule has 0 fully saturated rings. The molecule has 0 aliphatic carbocycles. The average molecular weight is 352 g/mol. The molecule has 0 aliphatic rings. The largest absolute Gasteiger partial charge is 0.366 e. The van der Waals surface area contributed by atoms with Crippen LogP contribution in [0.2, 0.25) is 0 Å². The van der Waals surface area contributed by atoms with Crippen molar-refractivity contribution in [2.75, 3.05) is 0 Å². The third-order valence-corrected chi connectivity index (χ3v) is 5.79. The molecule has 1 aromatic heterocycles. The lowest BCUT2D eigenvalue weighted by Gasteiger charge is -2.05. The number of fused-ring (bicyclic) bond motifs is 1. The third-order valence-electron chi connectivity index (χ3n) is 2.78. The minimum Gasteiger partial charge on any atom is -0.366 e. The third kappa shape index (κ3) is 2.91. The first-order valence-corrected chi connectivity index (χ1v) is 9.23. The van der Waals surface area contributed by atoms with Crippen LogP contribution in [0.1, 0.15) is 0 Å². The van der Waals surface area contributed by atoms with Crippen LogP contribution in [0, 0.1) is 10.1 Å². The number of rotatable bonds is 4. The second-order valence-electron chi connectivity index (χ2n) is 4.24. The molecule has 0 saturated heterocycles. The predicted octanol–water partition coefficient (Wildman–Crippen LogP) is 3.30.